The molecule has 0 rings (SSSR count). The Labute approximate surface area is 81.7 Å². The Kier molecular flexibility index (Phi) is 4.47. The van der Waals surface area contributed by atoms with E-state index in [0.717, 1.165) is 4.90 Å². The Morgan fingerprint density at radius 1 is 1.31 bits per heavy atom. The van der Waals surface area contributed by atoms with Crippen molar-refractivity contribution in [1.29, 1.82) is 0 Å². The van der Waals surface area contributed by atoms with Crippen LogP contribution in [-0.2, 0) is 14.4 Å². The topological polar surface area (TPSA) is 80.5 Å². The van der Waals surface area contributed by atoms with Gasteiger partial charge in [-0.2, -0.15) is 12.6 Å². The molecule has 0 spiro atoms. The van der Waals surface area contributed by atoms with Gasteiger partial charge in [0.2, 0.25) is 17.7 Å². The van der Waals surface area contributed by atoms with Gasteiger partial charge < -0.3 is 5.73 Å². The highest BCUT2D eigenvalue weighted by atomic mass is 32.1. The smallest absolute Gasteiger partial charge is 0.241 e. The fraction of sp³-hybridized carbons (Fsp3) is 0.571. The maximum Gasteiger partial charge on any atom is 0.241 e. The molecule has 0 unspecified atom stereocenters. The summed E-state index contributed by atoms with van der Waals surface area (Å²) in [6.07, 6.45) is 0. The first-order chi connectivity index (χ1) is 5.91. The van der Waals surface area contributed by atoms with E-state index in [1.54, 1.807) is 0 Å². The Balaban J connectivity index is 4.80. The van der Waals surface area contributed by atoms with Gasteiger partial charge in [0.05, 0.1) is 0 Å². The van der Waals surface area contributed by atoms with Crippen molar-refractivity contribution in [3.63, 3.8) is 0 Å². The first-order valence-corrected chi connectivity index (χ1v) is 4.25. The van der Waals surface area contributed by atoms with Crippen LogP contribution in [0.5, 0.6) is 0 Å². The Morgan fingerprint density at radius 2 is 1.69 bits per heavy atom. The fourth-order valence-electron chi connectivity index (χ4n) is 0.960. The van der Waals surface area contributed by atoms with E-state index in [2.05, 4.69) is 12.6 Å². The largest absolute Gasteiger partial charge is 0.368 e. The first kappa shape index (κ1) is 12.0. The van der Waals surface area contributed by atoms with Crippen molar-refractivity contribution in [2.45, 2.75) is 19.9 Å². The molecule has 0 aromatic rings. The number of thiol groups is 1. The Bertz CT molecular complexity index is 228. The molecule has 0 aliphatic rings. The number of hydrogen-bond acceptors (Lipinski definition) is 4. The van der Waals surface area contributed by atoms with Gasteiger partial charge in [-0.3, -0.25) is 19.3 Å². The van der Waals surface area contributed by atoms with Gasteiger partial charge in [0.1, 0.15) is 6.04 Å². The summed E-state index contributed by atoms with van der Waals surface area (Å²) in [5.74, 6) is -1.72. The van der Waals surface area contributed by atoms with Gasteiger partial charge in [0.25, 0.3) is 0 Å². The molecule has 0 aromatic heterocycles. The zero-order chi connectivity index (χ0) is 10.6. The number of carbonyl (C=O) groups excluding carboxylic acids is 3. The number of carbonyl (C=O) groups is 3. The van der Waals surface area contributed by atoms with Crippen molar-refractivity contribution in [2.24, 2.45) is 5.73 Å². The molecular formula is C7H12N2O3S. The van der Waals surface area contributed by atoms with Gasteiger partial charge in [-0.05, 0) is 0 Å². The lowest BCUT2D eigenvalue weighted by Gasteiger charge is -2.23. The van der Waals surface area contributed by atoms with Crippen molar-refractivity contribution in [2.75, 3.05) is 5.75 Å². The molecule has 13 heavy (non-hydrogen) atoms. The van der Waals surface area contributed by atoms with Crippen LogP contribution >= 0.6 is 12.6 Å². The summed E-state index contributed by atoms with van der Waals surface area (Å²) in [7, 11) is 0. The SMILES string of the molecule is CC(=O)N(C(C)=O)[C@H](CS)C(N)=O. The molecule has 2 N–H and O–H groups in total. The van der Waals surface area contributed by atoms with Crippen LogP contribution in [0.25, 0.3) is 0 Å². The average molecular weight is 204 g/mol. The Morgan fingerprint density at radius 3 is 1.77 bits per heavy atom. The molecule has 0 radical (unpaired) electrons. The van der Waals surface area contributed by atoms with Crippen LogP contribution in [0.3, 0.4) is 0 Å². The maximum atomic E-state index is 11.0. The number of primary amides is 1. The van der Waals surface area contributed by atoms with E-state index in [4.69, 9.17) is 5.73 Å². The molecule has 0 saturated heterocycles. The second kappa shape index (κ2) is 4.86. The summed E-state index contributed by atoms with van der Waals surface area (Å²) in [5.41, 5.74) is 4.99. The van der Waals surface area contributed by atoms with E-state index in [0.29, 0.717) is 0 Å². The lowest BCUT2D eigenvalue weighted by atomic mass is 10.2. The number of imide groups is 1. The highest BCUT2D eigenvalue weighted by Gasteiger charge is 2.27. The van der Waals surface area contributed by atoms with Gasteiger partial charge in [0, 0.05) is 19.6 Å². The lowest BCUT2D eigenvalue weighted by molar-refractivity contribution is -0.148. The van der Waals surface area contributed by atoms with Gasteiger partial charge in [-0.25, -0.2) is 0 Å². The van der Waals surface area contributed by atoms with Crippen LogP contribution in [0.1, 0.15) is 13.8 Å². The molecule has 0 fully saturated rings. The standard InChI is InChI=1S/C7H12N2O3S/c1-4(10)9(5(2)11)6(3-13)7(8)12/h6,13H,3H2,1-2H3,(H2,8,12)/t6-/m1/s1. The van der Waals surface area contributed by atoms with Crippen LogP contribution in [-0.4, -0.2) is 34.4 Å². The summed E-state index contributed by atoms with van der Waals surface area (Å²) in [6.45, 7) is 2.39. The molecule has 6 heteroatoms. The van der Waals surface area contributed by atoms with Crippen LogP contribution in [0, 0.1) is 0 Å². The van der Waals surface area contributed by atoms with E-state index in [1.165, 1.54) is 13.8 Å². The van der Waals surface area contributed by atoms with Crippen LogP contribution in [0.4, 0.5) is 0 Å². The predicted molar refractivity (Wildman–Crippen MR) is 50.0 cm³/mol. The van der Waals surface area contributed by atoms with Gasteiger partial charge in [0.15, 0.2) is 0 Å². The molecule has 3 amide bonds. The van der Waals surface area contributed by atoms with E-state index in [1.807, 2.05) is 0 Å². The fourth-order valence-corrected chi connectivity index (χ4v) is 1.30. The van der Waals surface area contributed by atoms with Crippen molar-refractivity contribution < 1.29 is 14.4 Å². The monoisotopic (exact) mass is 204 g/mol. The normalized spacial score (nSPS) is 11.9. The third-order valence-corrected chi connectivity index (χ3v) is 1.84. The lowest BCUT2D eigenvalue weighted by Crippen LogP contribution is -2.50. The van der Waals surface area contributed by atoms with Crippen molar-refractivity contribution in [3.05, 3.63) is 0 Å². The minimum atomic E-state index is -0.960. The van der Waals surface area contributed by atoms with Crippen molar-refractivity contribution >= 4 is 30.4 Å². The van der Waals surface area contributed by atoms with Gasteiger partial charge in [-0.15, -0.1) is 0 Å². The Hall–Kier alpha value is -1.04. The van der Waals surface area contributed by atoms with Gasteiger partial charge >= 0.3 is 0 Å². The number of nitrogens with two attached hydrogens (primary N) is 1. The van der Waals surface area contributed by atoms with E-state index >= 15 is 0 Å². The quantitative estimate of drug-likeness (QED) is 0.588. The summed E-state index contributed by atoms with van der Waals surface area (Å²) < 4.78 is 0. The third-order valence-electron chi connectivity index (χ3n) is 1.49. The second-order valence-electron chi connectivity index (χ2n) is 2.51. The molecule has 0 saturated carbocycles. The molecule has 0 aromatic carbocycles. The summed E-state index contributed by atoms with van der Waals surface area (Å²) in [4.78, 5) is 33.5. The zero-order valence-electron chi connectivity index (χ0n) is 7.48. The maximum absolute atomic E-state index is 11.0. The molecule has 0 heterocycles. The number of nitrogens with zero attached hydrogens (tertiary/aromatic N) is 1. The zero-order valence-corrected chi connectivity index (χ0v) is 8.38. The third kappa shape index (κ3) is 3.06. The van der Waals surface area contributed by atoms with Crippen LogP contribution in [0.15, 0.2) is 0 Å². The summed E-state index contributed by atoms with van der Waals surface area (Å²) in [6, 6.07) is -0.960. The minimum absolute atomic E-state index is 0.0362. The molecule has 0 aliphatic heterocycles. The highest BCUT2D eigenvalue weighted by Crippen LogP contribution is 2.02. The van der Waals surface area contributed by atoms with Crippen LogP contribution < -0.4 is 5.73 Å². The molecule has 0 bridgehead atoms. The average Bonchev–Trinajstić information content (AvgIpc) is 1.97. The predicted octanol–water partition coefficient (Wildman–Crippen LogP) is -0.835. The van der Waals surface area contributed by atoms with E-state index in [9.17, 15) is 14.4 Å². The number of rotatable bonds is 3. The summed E-state index contributed by atoms with van der Waals surface area (Å²) >= 11 is 3.84. The molecular weight excluding hydrogens is 192 g/mol. The number of amides is 3. The summed E-state index contributed by atoms with van der Waals surface area (Å²) in [5, 5.41) is 0. The molecule has 1 atom stereocenters. The first-order valence-electron chi connectivity index (χ1n) is 3.62. The minimum Gasteiger partial charge on any atom is -0.368 e. The van der Waals surface area contributed by atoms with Gasteiger partial charge in [-0.1, -0.05) is 0 Å². The van der Waals surface area contributed by atoms with E-state index in [-0.39, 0.29) is 5.75 Å². The van der Waals surface area contributed by atoms with Crippen molar-refractivity contribution in [1.82, 2.24) is 4.90 Å². The molecule has 0 aliphatic carbocycles. The molecule has 5 nitrogen and oxygen atoms in total. The second-order valence-corrected chi connectivity index (χ2v) is 2.87. The van der Waals surface area contributed by atoms with Crippen molar-refractivity contribution in [3.8, 4) is 0 Å². The highest BCUT2D eigenvalue weighted by molar-refractivity contribution is 7.80. The number of hydrogen-bond donors (Lipinski definition) is 2. The van der Waals surface area contributed by atoms with Crippen LogP contribution in [0.2, 0.25) is 0 Å². The van der Waals surface area contributed by atoms with E-state index < -0.39 is 23.8 Å². The molecule has 74 valence electrons.